The zero-order chi connectivity index (χ0) is 13.0. The van der Waals surface area contributed by atoms with Gasteiger partial charge in [0.25, 0.3) is 0 Å². The van der Waals surface area contributed by atoms with Crippen LogP contribution < -0.4 is 10.2 Å². The number of nitriles is 1. The van der Waals surface area contributed by atoms with Gasteiger partial charge < -0.3 is 15.0 Å². The van der Waals surface area contributed by atoms with Gasteiger partial charge in [-0.05, 0) is 18.2 Å². The Kier molecular flexibility index (Phi) is 3.80. The molecule has 0 saturated carbocycles. The first-order chi connectivity index (χ1) is 8.76. The molecule has 1 fully saturated rings. The standard InChI is InChI=1S/C13H15N3O2/c1-15-13(17)12-9-18-6-5-16(12)11-4-2-3-10(7-11)8-14/h2-4,7,12H,5-6,9H2,1H3,(H,15,17). The lowest BCUT2D eigenvalue weighted by atomic mass is 10.1. The van der Waals surface area contributed by atoms with Crippen LogP contribution >= 0.6 is 0 Å². The highest BCUT2D eigenvalue weighted by atomic mass is 16.5. The summed E-state index contributed by atoms with van der Waals surface area (Å²) in [6.07, 6.45) is 0. The van der Waals surface area contributed by atoms with Gasteiger partial charge in [0.05, 0.1) is 24.8 Å². The molecule has 1 N–H and O–H groups in total. The van der Waals surface area contributed by atoms with Crippen molar-refractivity contribution < 1.29 is 9.53 Å². The number of hydrogen-bond donors (Lipinski definition) is 1. The van der Waals surface area contributed by atoms with Crippen molar-refractivity contribution >= 4 is 11.6 Å². The van der Waals surface area contributed by atoms with E-state index in [-0.39, 0.29) is 11.9 Å². The summed E-state index contributed by atoms with van der Waals surface area (Å²) in [6.45, 7) is 1.60. The van der Waals surface area contributed by atoms with E-state index >= 15 is 0 Å². The Labute approximate surface area is 106 Å². The summed E-state index contributed by atoms with van der Waals surface area (Å²) >= 11 is 0. The molecule has 0 radical (unpaired) electrons. The molecule has 0 aromatic heterocycles. The van der Waals surface area contributed by atoms with Crippen LogP contribution in [0.2, 0.25) is 0 Å². The Hall–Kier alpha value is -2.06. The third-order valence-corrected chi connectivity index (χ3v) is 2.98. The van der Waals surface area contributed by atoms with Gasteiger partial charge in [0.1, 0.15) is 6.04 Å². The number of carbonyl (C=O) groups is 1. The number of amides is 1. The number of carbonyl (C=O) groups excluding carboxylic acids is 1. The maximum atomic E-state index is 11.8. The van der Waals surface area contributed by atoms with Gasteiger partial charge in [0.2, 0.25) is 5.91 Å². The SMILES string of the molecule is CNC(=O)C1COCCN1c1cccc(C#N)c1. The summed E-state index contributed by atoms with van der Waals surface area (Å²) in [5.41, 5.74) is 1.47. The second-order valence-corrected chi connectivity index (χ2v) is 4.06. The number of anilines is 1. The van der Waals surface area contributed by atoms with E-state index in [1.54, 1.807) is 19.2 Å². The largest absolute Gasteiger partial charge is 0.377 e. The molecule has 0 spiro atoms. The van der Waals surface area contributed by atoms with Gasteiger partial charge in [-0.1, -0.05) is 6.07 Å². The van der Waals surface area contributed by atoms with E-state index in [0.29, 0.717) is 25.3 Å². The summed E-state index contributed by atoms with van der Waals surface area (Å²) in [5.74, 6) is -0.0722. The van der Waals surface area contributed by atoms with Gasteiger partial charge >= 0.3 is 0 Å². The van der Waals surface area contributed by atoms with Crippen LogP contribution in [-0.4, -0.2) is 38.8 Å². The normalized spacial score (nSPS) is 19.1. The van der Waals surface area contributed by atoms with E-state index < -0.39 is 0 Å². The van der Waals surface area contributed by atoms with Gasteiger partial charge in [-0.15, -0.1) is 0 Å². The van der Waals surface area contributed by atoms with Crippen molar-refractivity contribution in [3.63, 3.8) is 0 Å². The number of rotatable bonds is 2. The first-order valence-corrected chi connectivity index (χ1v) is 5.82. The summed E-state index contributed by atoms with van der Waals surface area (Å²) in [5, 5.41) is 11.5. The highest BCUT2D eigenvalue weighted by Crippen LogP contribution is 2.21. The van der Waals surface area contributed by atoms with E-state index in [1.807, 2.05) is 17.0 Å². The maximum absolute atomic E-state index is 11.8. The van der Waals surface area contributed by atoms with E-state index in [1.165, 1.54) is 0 Å². The van der Waals surface area contributed by atoms with Crippen LogP contribution in [-0.2, 0) is 9.53 Å². The second-order valence-electron chi connectivity index (χ2n) is 4.06. The topological polar surface area (TPSA) is 65.4 Å². The summed E-state index contributed by atoms with van der Waals surface area (Å²) in [7, 11) is 1.61. The molecule has 94 valence electrons. The number of benzene rings is 1. The molecule has 1 saturated heterocycles. The third kappa shape index (κ3) is 2.44. The van der Waals surface area contributed by atoms with E-state index in [4.69, 9.17) is 10.00 Å². The second kappa shape index (κ2) is 5.52. The molecule has 1 atom stereocenters. The first-order valence-electron chi connectivity index (χ1n) is 5.82. The number of ether oxygens (including phenoxy) is 1. The molecule has 1 aliphatic heterocycles. The van der Waals surface area contributed by atoms with Crippen molar-refractivity contribution in [3.8, 4) is 6.07 Å². The molecular weight excluding hydrogens is 230 g/mol. The average Bonchev–Trinajstić information content (AvgIpc) is 2.46. The zero-order valence-electron chi connectivity index (χ0n) is 10.2. The number of hydrogen-bond acceptors (Lipinski definition) is 4. The Morgan fingerprint density at radius 1 is 1.61 bits per heavy atom. The van der Waals surface area contributed by atoms with Gasteiger partial charge in [-0.3, -0.25) is 4.79 Å². The van der Waals surface area contributed by atoms with Crippen molar-refractivity contribution in [2.75, 3.05) is 31.7 Å². The molecule has 1 aliphatic rings. The van der Waals surface area contributed by atoms with Gasteiger partial charge in [0.15, 0.2) is 0 Å². The number of morpholine rings is 1. The fraction of sp³-hybridized carbons (Fsp3) is 0.385. The smallest absolute Gasteiger partial charge is 0.244 e. The number of likely N-dealkylation sites (N-methyl/N-ethyl adjacent to an activating group) is 1. The molecule has 5 heteroatoms. The first kappa shape index (κ1) is 12.4. The molecule has 1 unspecified atom stereocenters. The maximum Gasteiger partial charge on any atom is 0.244 e. The summed E-state index contributed by atoms with van der Waals surface area (Å²) < 4.78 is 5.35. The Balaban J connectivity index is 2.28. The highest BCUT2D eigenvalue weighted by Gasteiger charge is 2.28. The predicted octanol–water partition coefficient (Wildman–Crippen LogP) is 0.509. The minimum absolute atomic E-state index is 0.0722. The van der Waals surface area contributed by atoms with Crippen LogP contribution in [0.15, 0.2) is 24.3 Å². The summed E-state index contributed by atoms with van der Waals surface area (Å²) in [4.78, 5) is 13.8. The molecule has 1 heterocycles. The molecule has 0 aliphatic carbocycles. The van der Waals surface area contributed by atoms with E-state index in [9.17, 15) is 4.79 Å². The van der Waals surface area contributed by atoms with Gasteiger partial charge in [-0.2, -0.15) is 5.26 Å². The van der Waals surface area contributed by atoms with Crippen molar-refractivity contribution in [1.29, 1.82) is 5.26 Å². The molecule has 1 aromatic rings. The van der Waals surface area contributed by atoms with Gasteiger partial charge in [0, 0.05) is 19.3 Å². The van der Waals surface area contributed by atoms with Crippen molar-refractivity contribution in [2.24, 2.45) is 0 Å². The van der Waals surface area contributed by atoms with Crippen molar-refractivity contribution in [2.45, 2.75) is 6.04 Å². The minimum Gasteiger partial charge on any atom is -0.377 e. The third-order valence-electron chi connectivity index (χ3n) is 2.98. The number of nitrogens with zero attached hydrogens (tertiary/aromatic N) is 2. The van der Waals surface area contributed by atoms with E-state index in [0.717, 1.165) is 5.69 Å². The predicted molar refractivity (Wildman–Crippen MR) is 67.2 cm³/mol. The minimum atomic E-state index is -0.335. The average molecular weight is 245 g/mol. The van der Waals surface area contributed by atoms with Crippen LogP contribution in [0.4, 0.5) is 5.69 Å². The Bertz CT molecular complexity index is 481. The molecule has 1 aromatic carbocycles. The van der Waals surface area contributed by atoms with Crippen LogP contribution in [0.3, 0.4) is 0 Å². The summed E-state index contributed by atoms with van der Waals surface area (Å²) in [6, 6.07) is 9.04. The molecule has 0 bridgehead atoms. The van der Waals surface area contributed by atoms with E-state index in [2.05, 4.69) is 11.4 Å². The molecule has 2 rings (SSSR count). The molecule has 1 amide bonds. The fourth-order valence-corrected chi connectivity index (χ4v) is 2.05. The Morgan fingerprint density at radius 2 is 2.44 bits per heavy atom. The van der Waals surface area contributed by atoms with Gasteiger partial charge in [-0.25, -0.2) is 0 Å². The molecule has 5 nitrogen and oxygen atoms in total. The highest BCUT2D eigenvalue weighted by molar-refractivity contribution is 5.85. The zero-order valence-corrected chi connectivity index (χ0v) is 10.2. The molecular formula is C13H15N3O2. The lowest BCUT2D eigenvalue weighted by molar-refractivity contribution is -0.124. The van der Waals surface area contributed by atoms with Crippen LogP contribution in [0.1, 0.15) is 5.56 Å². The monoisotopic (exact) mass is 245 g/mol. The lowest BCUT2D eigenvalue weighted by Gasteiger charge is -2.36. The quantitative estimate of drug-likeness (QED) is 0.824. The van der Waals surface area contributed by atoms with Crippen molar-refractivity contribution in [1.82, 2.24) is 5.32 Å². The lowest BCUT2D eigenvalue weighted by Crippen LogP contribution is -2.53. The van der Waals surface area contributed by atoms with Crippen LogP contribution in [0, 0.1) is 11.3 Å². The van der Waals surface area contributed by atoms with Crippen LogP contribution in [0.25, 0.3) is 0 Å². The fourth-order valence-electron chi connectivity index (χ4n) is 2.05. The molecule has 18 heavy (non-hydrogen) atoms. The van der Waals surface area contributed by atoms with Crippen molar-refractivity contribution in [3.05, 3.63) is 29.8 Å². The Morgan fingerprint density at radius 3 is 3.17 bits per heavy atom. The van der Waals surface area contributed by atoms with Crippen LogP contribution in [0.5, 0.6) is 0 Å². The number of nitrogens with one attached hydrogen (secondary N) is 1.